The second-order valence-corrected chi connectivity index (χ2v) is 8.08. The molecule has 1 aliphatic rings. The first-order chi connectivity index (χ1) is 14.8. The van der Waals surface area contributed by atoms with Crippen molar-refractivity contribution in [3.8, 4) is 0 Å². The number of carbonyl (C=O) groups is 2. The molecule has 1 saturated heterocycles. The van der Waals surface area contributed by atoms with Crippen LogP contribution in [-0.4, -0.2) is 71.0 Å². The second kappa shape index (κ2) is 12.5. The van der Waals surface area contributed by atoms with Crippen molar-refractivity contribution < 1.29 is 14.7 Å². The number of alkyl halides is 1. The number of nitrogens with two attached hydrogens (primary N) is 3. The van der Waals surface area contributed by atoms with Crippen LogP contribution >= 0.6 is 11.6 Å². The average molecular weight is 453 g/mol. The Hall–Kier alpha value is -2.36. The summed E-state index contributed by atoms with van der Waals surface area (Å²) < 4.78 is 0. The third kappa shape index (κ3) is 7.68. The highest BCUT2D eigenvalue weighted by atomic mass is 35.5. The number of likely N-dealkylation sites (tertiary alicyclic amines) is 1. The van der Waals surface area contributed by atoms with E-state index >= 15 is 0 Å². The van der Waals surface area contributed by atoms with Crippen molar-refractivity contribution >= 4 is 29.4 Å². The number of benzene rings is 1. The van der Waals surface area contributed by atoms with Gasteiger partial charge >= 0.3 is 0 Å². The topological polar surface area (TPSA) is 160 Å². The van der Waals surface area contributed by atoms with Gasteiger partial charge in [0.1, 0.15) is 6.04 Å². The average Bonchev–Trinajstić information content (AvgIpc) is 3.25. The van der Waals surface area contributed by atoms with Gasteiger partial charge in [-0.3, -0.25) is 14.6 Å². The van der Waals surface area contributed by atoms with Gasteiger partial charge in [0.05, 0.1) is 24.1 Å². The Morgan fingerprint density at radius 3 is 2.65 bits per heavy atom. The number of nitrogens with zero attached hydrogens (tertiary/aromatic N) is 2. The Labute approximate surface area is 188 Å². The highest BCUT2D eigenvalue weighted by Gasteiger charge is 2.37. The molecule has 0 saturated carbocycles. The molecule has 0 aromatic heterocycles. The molecule has 0 bridgehead atoms. The van der Waals surface area contributed by atoms with Gasteiger partial charge in [-0.2, -0.15) is 0 Å². The number of guanidine groups is 1. The van der Waals surface area contributed by atoms with Crippen LogP contribution in [0.5, 0.6) is 0 Å². The van der Waals surface area contributed by atoms with Crippen LogP contribution < -0.4 is 22.5 Å². The predicted octanol–water partition coefficient (Wildman–Crippen LogP) is -0.314. The quantitative estimate of drug-likeness (QED) is 0.134. The molecule has 1 aromatic carbocycles. The summed E-state index contributed by atoms with van der Waals surface area (Å²) in [6.07, 6.45) is 1.76. The monoisotopic (exact) mass is 452 g/mol. The van der Waals surface area contributed by atoms with Crippen molar-refractivity contribution in [2.45, 2.75) is 56.3 Å². The third-order valence-electron chi connectivity index (χ3n) is 5.37. The Morgan fingerprint density at radius 2 is 2.00 bits per heavy atom. The van der Waals surface area contributed by atoms with Crippen LogP contribution in [0.15, 0.2) is 35.3 Å². The molecule has 8 N–H and O–H groups in total. The SMILES string of the molecule is NC(N)=NCCCC(NC(=O)C1CCCN1C(=O)C(N)Cc1ccccc1)C(O)CCl. The summed E-state index contributed by atoms with van der Waals surface area (Å²) in [5.41, 5.74) is 17.8. The van der Waals surface area contributed by atoms with Crippen LogP contribution in [-0.2, 0) is 16.0 Å². The number of hydrogen-bond donors (Lipinski definition) is 5. The van der Waals surface area contributed by atoms with Crippen LogP contribution in [0.2, 0.25) is 0 Å². The zero-order chi connectivity index (χ0) is 22.8. The lowest BCUT2D eigenvalue weighted by Gasteiger charge is -2.29. The lowest BCUT2D eigenvalue weighted by Crippen LogP contribution is -2.55. The van der Waals surface area contributed by atoms with E-state index in [1.54, 1.807) is 4.90 Å². The molecule has 0 aliphatic carbocycles. The van der Waals surface area contributed by atoms with Crippen molar-refractivity contribution in [3.63, 3.8) is 0 Å². The maximum atomic E-state index is 12.9. The van der Waals surface area contributed by atoms with Gasteiger partial charge in [0.2, 0.25) is 11.8 Å². The molecule has 2 rings (SSSR count). The van der Waals surface area contributed by atoms with Crippen molar-refractivity contribution in [1.29, 1.82) is 0 Å². The van der Waals surface area contributed by atoms with Crippen LogP contribution in [0, 0.1) is 0 Å². The smallest absolute Gasteiger partial charge is 0.243 e. The van der Waals surface area contributed by atoms with Crippen LogP contribution in [0.4, 0.5) is 0 Å². The van der Waals surface area contributed by atoms with Crippen LogP contribution in [0.1, 0.15) is 31.2 Å². The number of amides is 2. The Bertz CT molecular complexity index is 744. The fourth-order valence-corrected chi connectivity index (χ4v) is 3.95. The van der Waals surface area contributed by atoms with Gasteiger partial charge in [0.25, 0.3) is 0 Å². The number of rotatable bonds is 11. The summed E-state index contributed by atoms with van der Waals surface area (Å²) in [7, 11) is 0. The summed E-state index contributed by atoms with van der Waals surface area (Å²) in [5, 5.41) is 13.1. The molecule has 1 aromatic rings. The van der Waals surface area contributed by atoms with Gasteiger partial charge in [-0.1, -0.05) is 30.3 Å². The molecule has 1 heterocycles. The minimum Gasteiger partial charge on any atom is -0.390 e. The molecule has 0 radical (unpaired) electrons. The molecule has 10 heteroatoms. The summed E-state index contributed by atoms with van der Waals surface area (Å²) in [5.74, 6) is -0.592. The number of nitrogens with one attached hydrogen (secondary N) is 1. The molecule has 1 fully saturated rings. The molecule has 0 spiro atoms. The number of carbonyl (C=O) groups excluding carboxylic acids is 2. The zero-order valence-corrected chi connectivity index (χ0v) is 18.4. The summed E-state index contributed by atoms with van der Waals surface area (Å²) in [6.45, 7) is 0.860. The van der Waals surface area contributed by atoms with Gasteiger partial charge in [-0.05, 0) is 37.7 Å². The molecule has 31 heavy (non-hydrogen) atoms. The first-order valence-corrected chi connectivity index (χ1v) is 11.1. The second-order valence-electron chi connectivity index (χ2n) is 7.77. The van der Waals surface area contributed by atoms with E-state index < -0.39 is 24.2 Å². The summed E-state index contributed by atoms with van der Waals surface area (Å²) in [6, 6.07) is 7.64. The lowest BCUT2D eigenvalue weighted by atomic mass is 10.0. The summed E-state index contributed by atoms with van der Waals surface area (Å²) in [4.78, 5) is 31.3. The van der Waals surface area contributed by atoms with Gasteiger partial charge in [0, 0.05) is 13.1 Å². The normalized spacial score (nSPS) is 18.8. The van der Waals surface area contributed by atoms with Crippen molar-refractivity contribution in [1.82, 2.24) is 10.2 Å². The van der Waals surface area contributed by atoms with E-state index in [0.29, 0.717) is 38.8 Å². The molecule has 2 amide bonds. The van der Waals surface area contributed by atoms with Crippen molar-refractivity contribution in [3.05, 3.63) is 35.9 Å². The lowest BCUT2D eigenvalue weighted by molar-refractivity contribution is -0.140. The number of aliphatic hydroxyl groups excluding tert-OH is 1. The molecule has 172 valence electrons. The minimum absolute atomic E-state index is 0.00886. The maximum absolute atomic E-state index is 12.9. The van der Waals surface area contributed by atoms with Crippen LogP contribution in [0.3, 0.4) is 0 Å². The highest BCUT2D eigenvalue weighted by Crippen LogP contribution is 2.20. The first-order valence-electron chi connectivity index (χ1n) is 10.5. The number of aliphatic imine (C=N–C) groups is 1. The Kier molecular flexibility index (Phi) is 10.0. The third-order valence-corrected chi connectivity index (χ3v) is 5.69. The van der Waals surface area contributed by atoms with E-state index in [9.17, 15) is 14.7 Å². The van der Waals surface area contributed by atoms with E-state index in [-0.39, 0.29) is 23.7 Å². The Morgan fingerprint density at radius 1 is 1.29 bits per heavy atom. The molecular weight excluding hydrogens is 420 g/mol. The largest absolute Gasteiger partial charge is 0.390 e. The van der Waals surface area contributed by atoms with Crippen molar-refractivity contribution in [2.24, 2.45) is 22.2 Å². The number of halogens is 1. The predicted molar refractivity (Wildman–Crippen MR) is 121 cm³/mol. The number of hydrogen-bond acceptors (Lipinski definition) is 5. The van der Waals surface area contributed by atoms with E-state index in [0.717, 1.165) is 12.0 Å². The first kappa shape index (κ1) is 24.9. The standard InChI is InChI=1S/C21H33ClN6O3/c22-13-18(29)16(8-4-10-26-21(24)25)27-19(30)17-9-5-11-28(17)20(31)15(23)12-14-6-2-1-3-7-14/h1-3,6-7,15-18,29H,4-5,8-13,23H2,(H,27,30)(H4,24,25,26). The van der Waals surface area contributed by atoms with E-state index in [1.807, 2.05) is 30.3 Å². The minimum atomic E-state index is -0.921. The van der Waals surface area contributed by atoms with E-state index in [2.05, 4.69) is 10.3 Å². The number of aliphatic hydroxyl groups is 1. The van der Waals surface area contributed by atoms with E-state index in [4.69, 9.17) is 28.8 Å². The Balaban J connectivity index is 1.97. The molecule has 9 nitrogen and oxygen atoms in total. The van der Waals surface area contributed by atoms with Gasteiger partial charge in [0.15, 0.2) is 5.96 Å². The zero-order valence-electron chi connectivity index (χ0n) is 17.6. The van der Waals surface area contributed by atoms with Crippen LogP contribution in [0.25, 0.3) is 0 Å². The van der Waals surface area contributed by atoms with Gasteiger partial charge in [-0.25, -0.2) is 0 Å². The van der Waals surface area contributed by atoms with Crippen molar-refractivity contribution in [2.75, 3.05) is 19.0 Å². The fourth-order valence-electron chi connectivity index (χ4n) is 3.74. The molecular formula is C21H33ClN6O3. The van der Waals surface area contributed by atoms with Gasteiger partial charge < -0.3 is 32.5 Å². The van der Waals surface area contributed by atoms with Gasteiger partial charge in [-0.15, -0.1) is 11.6 Å². The van der Waals surface area contributed by atoms with E-state index in [1.165, 1.54) is 0 Å². The molecule has 4 atom stereocenters. The fraction of sp³-hybridized carbons (Fsp3) is 0.571. The molecule has 1 aliphatic heterocycles. The maximum Gasteiger partial charge on any atom is 0.243 e. The summed E-state index contributed by atoms with van der Waals surface area (Å²) >= 11 is 5.80. The molecule has 4 unspecified atom stereocenters. The highest BCUT2D eigenvalue weighted by molar-refractivity contribution is 6.18.